The number of benzene rings is 1. The summed E-state index contributed by atoms with van der Waals surface area (Å²) < 4.78 is 12.4. The smallest absolute Gasteiger partial charge is 0.166 e. The van der Waals surface area contributed by atoms with Crippen LogP contribution in [0.1, 0.15) is 43.2 Å². The van der Waals surface area contributed by atoms with Crippen LogP contribution in [0.4, 0.5) is 0 Å². The second kappa shape index (κ2) is 6.93. The van der Waals surface area contributed by atoms with E-state index in [2.05, 4.69) is 42.3 Å². The van der Waals surface area contributed by atoms with Crippen LogP contribution in [-0.2, 0) is 11.8 Å². The van der Waals surface area contributed by atoms with E-state index in [1.54, 1.807) is 7.11 Å². The number of rotatable bonds is 6. The topological polar surface area (TPSA) is 41.9 Å². The first-order valence-corrected chi connectivity index (χ1v) is 10.8. The number of methoxy groups -OCH3 is 1. The molecule has 0 aromatic heterocycles. The maximum Gasteiger partial charge on any atom is 0.166 e. The van der Waals surface area contributed by atoms with E-state index in [1.807, 2.05) is 0 Å². The summed E-state index contributed by atoms with van der Waals surface area (Å²) in [5.41, 5.74) is 4.33. The highest BCUT2D eigenvalue weighted by Crippen LogP contribution is 2.63. The molecule has 150 valence electrons. The molecule has 4 nitrogen and oxygen atoms in total. The number of hydrogen-bond acceptors (Lipinski definition) is 4. The van der Waals surface area contributed by atoms with Gasteiger partial charge in [-0.1, -0.05) is 24.3 Å². The molecule has 28 heavy (non-hydrogen) atoms. The van der Waals surface area contributed by atoms with Crippen molar-refractivity contribution in [3.63, 3.8) is 0 Å². The zero-order chi connectivity index (χ0) is 19.3. The van der Waals surface area contributed by atoms with Gasteiger partial charge >= 0.3 is 0 Å². The summed E-state index contributed by atoms with van der Waals surface area (Å²) in [7, 11) is 4.04. The zero-order valence-corrected chi connectivity index (χ0v) is 17.0. The predicted molar refractivity (Wildman–Crippen MR) is 110 cm³/mol. The quantitative estimate of drug-likeness (QED) is 0.765. The van der Waals surface area contributed by atoms with Crippen LogP contribution < -0.4 is 9.47 Å². The first-order chi connectivity index (χ1) is 13.7. The zero-order valence-electron chi connectivity index (χ0n) is 17.0. The molecule has 0 radical (unpaired) electrons. The summed E-state index contributed by atoms with van der Waals surface area (Å²) >= 11 is 0. The summed E-state index contributed by atoms with van der Waals surface area (Å²) in [6.45, 7) is 1.41. The van der Waals surface area contributed by atoms with Gasteiger partial charge < -0.3 is 19.5 Å². The van der Waals surface area contributed by atoms with Crippen LogP contribution in [0, 0.1) is 5.92 Å². The van der Waals surface area contributed by atoms with E-state index < -0.39 is 0 Å². The molecule has 0 unspecified atom stereocenters. The molecular formula is C24H31NO3. The van der Waals surface area contributed by atoms with Gasteiger partial charge in [-0.2, -0.15) is 0 Å². The highest BCUT2D eigenvalue weighted by molar-refractivity contribution is 5.63. The molecule has 1 saturated heterocycles. The normalized spacial score (nSPS) is 32.8. The van der Waals surface area contributed by atoms with Crippen molar-refractivity contribution in [1.29, 1.82) is 0 Å². The summed E-state index contributed by atoms with van der Waals surface area (Å²) in [5.74, 6) is 2.49. The van der Waals surface area contributed by atoms with E-state index in [4.69, 9.17) is 14.6 Å². The molecule has 1 aromatic carbocycles. The standard InChI is InChI=1S/C24H31NO3/c1-25-13-12-24-18-10-8-16(7-5-3-4-6-14-26)23(24)28-22-20(27-2)11-9-17(21(22)24)15-19(18)25/h5,7-9,11,18-19,23,26H,3-4,6,10,12-15H2,1-2H3/b7-5+/t18-,19+,23-,24-/m0/s1. The number of likely N-dealkylation sites (N-methyl/N-ethyl adjacent to an activating group) is 1. The molecule has 4 aliphatic rings. The van der Waals surface area contributed by atoms with E-state index in [-0.39, 0.29) is 18.1 Å². The molecule has 1 spiro atoms. The van der Waals surface area contributed by atoms with Crippen molar-refractivity contribution >= 4 is 0 Å². The molecular weight excluding hydrogens is 350 g/mol. The van der Waals surface area contributed by atoms with Gasteiger partial charge in [0.1, 0.15) is 6.10 Å². The molecule has 0 saturated carbocycles. The molecule has 4 atom stereocenters. The van der Waals surface area contributed by atoms with Gasteiger partial charge in [-0.05, 0) is 75.2 Å². The van der Waals surface area contributed by atoms with Gasteiger partial charge in [-0.15, -0.1) is 0 Å². The number of aliphatic hydroxyl groups excluding tert-OH is 1. The summed E-state index contributed by atoms with van der Waals surface area (Å²) in [5, 5.41) is 9.00. The molecule has 1 fully saturated rings. The Bertz CT molecular complexity index is 829. The summed E-state index contributed by atoms with van der Waals surface area (Å²) in [6.07, 6.45) is 13.4. The van der Waals surface area contributed by atoms with Crippen molar-refractivity contribution in [2.45, 2.75) is 56.1 Å². The van der Waals surface area contributed by atoms with Gasteiger partial charge in [-0.25, -0.2) is 0 Å². The Morgan fingerprint density at radius 2 is 2.25 bits per heavy atom. The van der Waals surface area contributed by atoms with Crippen LogP contribution in [0.15, 0.2) is 35.9 Å². The highest BCUT2D eigenvalue weighted by atomic mass is 16.5. The third-order valence-electron chi connectivity index (χ3n) is 7.60. The van der Waals surface area contributed by atoms with Crippen molar-refractivity contribution in [3.8, 4) is 11.5 Å². The number of piperidine rings is 1. The SMILES string of the molecule is COc1ccc2c3c1O[C@H]1C(/C=C/CCCCO)=CC[C@H]4[C@@H](C2)N(C)CC[C@]314. The van der Waals surface area contributed by atoms with Crippen LogP contribution in [0.5, 0.6) is 11.5 Å². The Kier molecular flexibility index (Phi) is 4.52. The van der Waals surface area contributed by atoms with Gasteiger partial charge in [-0.3, -0.25) is 0 Å². The van der Waals surface area contributed by atoms with Crippen LogP contribution in [0.2, 0.25) is 0 Å². The maximum atomic E-state index is 9.00. The number of likely N-dealkylation sites (tertiary alicyclic amines) is 1. The fourth-order valence-electron chi connectivity index (χ4n) is 6.29. The van der Waals surface area contributed by atoms with E-state index >= 15 is 0 Å². The van der Waals surface area contributed by atoms with Crippen LogP contribution >= 0.6 is 0 Å². The third-order valence-corrected chi connectivity index (χ3v) is 7.60. The highest BCUT2D eigenvalue weighted by Gasteiger charge is 2.63. The number of allylic oxidation sites excluding steroid dienone is 2. The average molecular weight is 382 g/mol. The predicted octanol–water partition coefficient (Wildman–Crippen LogP) is 3.62. The lowest BCUT2D eigenvalue weighted by molar-refractivity contribution is -0.00694. The molecule has 5 rings (SSSR count). The van der Waals surface area contributed by atoms with Gasteiger partial charge in [0.15, 0.2) is 11.5 Å². The fourth-order valence-corrected chi connectivity index (χ4v) is 6.29. The summed E-state index contributed by atoms with van der Waals surface area (Å²) in [6, 6.07) is 4.96. The molecule has 0 amide bonds. The fraction of sp³-hybridized carbons (Fsp3) is 0.583. The number of hydrogen-bond donors (Lipinski definition) is 1. The van der Waals surface area contributed by atoms with Gasteiger partial charge in [0.25, 0.3) is 0 Å². The Hall–Kier alpha value is -1.78. The van der Waals surface area contributed by atoms with Crippen molar-refractivity contribution in [3.05, 3.63) is 47.1 Å². The maximum absolute atomic E-state index is 9.00. The van der Waals surface area contributed by atoms with E-state index in [0.717, 1.165) is 56.6 Å². The van der Waals surface area contributed by atoms with Crippen molar-refractivity contribution < 1.29 is 14.6 Å². The van der Waals surface area contributed by atoms with Crippen LogP contribution in [0.3, 0.4) is 0 Å². The van der Waals surface area contributed by atoms with E-state index in [0.29, 0.717) is 12.0 Å². The monoisotopic (exact) mass is 381 g/mol. The third kappa shape index (κ3) is 2.44. The minimum absolute atomic E-state index is 0.0914. The van der Waals surface area contributed by atoms with Crippen molar-refractivity contribution in [2.24, 2.45) is 5.92 Å². The lowest BCUT2D eigenvalue weighted by Gasteiger charge is -2.57. The van der Waals surface area contributed by atoms with Crippen molar-refractivity contribution in [1.82, 2.24) is 4.90 Å². The van der Waals surface area contributed by atoms with E-state index in [1.165, 1.54) is 16.7 Å². The van der Waals surface area contributed by atoms with Gasteiger partial charge in [0.2, 0.25) is 0 Å². The lowest BCUT2D eigenvalue weighted by atomic mass is 9.52. The minimum atomic E-state index is 0.0914. The Morgan fingerprint density at radius 1 is 1.36 bits per heavy atom. The molecule has 2 aliphatic heterocycles. The minimum Gasteiger partial charge on any atom is -0.493 e. The Labute approximate surface area is 167 Å². The van der Waals surface area contributed by atoms with Crippen molar-refractivity contribution in [2.75, 3.05) is 27.3 Å². The molecule has 2 bridgehead atoms. The number of nitrogens with zero attached hydrogens (tertiary/aromatic N) is 1. The van der Waals surface area contributed by atoms with E-state index in [9.17, 15) is 0 Å². The Morgan fingerprint density at radius 3 is 3.07 bits per heavy atom. The Balaban J connectivity index is 1.57. The molecule has 2 aliphatic carbocycles. The largest absolute Gasteiger partial charge is 0.493 e. The second-order valence-corrected chi connectivity index (χ2v) is 8.84. The average Bonchev–Trinajstić information content (AvgIpc) is 3.06. The number of unbranched alkanes of at least 4 members (excludes halogenated alkanes) is 2. The molecule has 4 heteroatoms. The number of ether oxygens (including phenoxy) is 2. The second-order valence-electron chi connectivity index (χ2n) is 8.84. The lowest BCUT2D eigenvalue weighted by Crippen LogP contribution is -2.63. The van der Waals surface area contributed by atoms with Gasteiger partial charge in [0, 0.05) is 23.6 Å². The first kappa shape index (κ1) is 18.3. The first-order valence-electron chi connectivity index (χ1n) is 10.8. The summed E-state index contributed by atoms with van der Waals surface area (Å²) in [4.78, 5) is 2.57. The molecule has 2 heterocycles. The number of aliphatic hydroxyl groups is 1. The van der Waals surface area contributed by atoms with Crippen LogP contribution in [0.25, 0.3) is 0 Å². The molecule has 1 N–H and O–H groups in total. The van der Waals surface area contributed by atoms with Gasteiger partial charge in [0.05, 0.1) is 7.11 Å². The van der Waals surface area contributed by atoms with Crippen LogP contribution in [-0.4, -0.2) is 49.5 Å². The molecule has 1 aromatic rings.